The molecule has 60 heavy (non-hydrogen) atoms. The number of hydrogen-bond acceptors (Lipinski definition) is 3. The van der Waals surface area contributed by atoms with E-state index >= 15 is 0 Å². The number of nitrogens with one attached hydrogen (secondary N) is 1. The maximum atomic E-state index is 12.4. The van der Waals surface area contributed by atoms with E-state index in [0.717, 1.165) is 38.5 Å². The lowest BCUT2D eigenvalue weighted by Crippen LogP contribution is -2.45. The van der Waals surface area contributed by atoms with Crippen molar-refractivity contribution in [2.45, 2.75) is 309 Å². The van der Waals surface area contributed by atoms with Gasteiger partial charge >= 0.3 is 0 Å². The molecule has 0 saturated carbocycles. The summed E-state index contributed by atoms with van der Waals surface area (Å²) in [6.07, 6.45) is 70.2. The van der Waals surface area contributed by atoms with Gasteiger partial charge in [0.15, 0.2) is 0 Å². The lowest BCUT2D eigenvalue weighted by molar-refractivity contribution is -0.123. The molecule has 4 nitrogen and oxygen atoms in total. The number of rotatable bonds is 50. The quantitative estimate of drug-likeness (QED) is 0.0422. The molecule has 0 fully saturated rings. The average molecular weight is 842 g/mol. The summed E-state index contributed by atoms with van der Waals surface area (Å²) in [5.74, 6) is -0.0727. The Labute approximate surface area is 376 Å². The van der Waals surface area contributed by atoms with Crippen molar-refractivity contribution in [1.82, 2.24) is 5.32 Å². The molecule has 0 aromatic heterocycles. The zero-order valence-electron chi connectivity index (χ0n) is 40.7. The third-order valence-corrected chi connectivity index (χ3v) is 12.6. The molecule has 0 aliphatic carbocycles. The van der Waals surface area contributed by atoms with Crippen LogP contribution in [0.25, 0.3) is 0 Å². The highest BCUT2D eigenvalue weighted by Gasteiger charge is 2.18. The van der Waals surface area contributed by atoms with Crippen LogP contribution < -0.4 is 5.32 Å². The minimum absolute atomic E-state index is 0.0727. The molecule has 0 aliphatic rings. The Morgan fingerprint density at radius 3 is 0.967 bits per heavy atom. The first-order valence-corrected chi connectivity index (χ1v) is 27.2. The molecule has 2 unspecified atom stereocenters. The first kappa shape index (κ1) is 58.6. The number of aliphatic hydroxyl groups excluding tert-OH is 2. The number of allylic oxidation sites excluding steroid dienone is 5. The first-order chi connectivity index (χ1) is 29.7. The molecule has 0 heterocycles. The van der Waals surface area contributed by atoms with E-state index in [1.54, 1.807) is 6.08 Å². The molecule has 0 spiro atoms. The summed E-state index contributed by atoms with van der Waals surface area (Å²) < 4.78 is 0. The van der Waals surface area contributed by atoms with Gasteiger partial charge in [0, 0.05) is 6.42 Å². The summed E-state index contributed by atoms with van der Waals surface area (Å²) >= 11 is 0. The van der Waals surface area contributed by atoms with Crippen molar-refractivity contribution in [3.05, 3.63) is 36.5 Å². The monoisotopic (exact) mass is 842 g/mol. The molecule has 3 N–H and O–H groups in total. The van der Waals surface area contributed by atoms with Crippen LogP contribution in [-0.2, 0) is 4.79 Å². The molecule has 0 bridgehead atoms. The maximum Gasteiger partial charge on any atom is 0.220 e. The van der Waals surface area contributed by atoms with E-state index in [1.165, 1.54) is 238 Å². The Balaban J connectivity index is 3.48. The molecule has 0 saturated heterocycles. The Morgan fingerprint density at radius 2 is 0.650 bits per heavy atom. The van der Waals surface area contributed by atoms with Gasteiger partial charge in [0.25, 0.3) is 0 Å². The topological polar surface area (TPSA) is 69.6 Å². The van der Waals surface area contributed by atoms with Gasteiger partial charge < -0.3 is 15.5 Å². The predicted octanol–water partition coefficient (Wildman–Crippen LogP) is 17.7. The fourth-order valence-electron chi connectivity index (χ4n) is 8.45. The van der Waals surface area contributed by atoms with Gasteiger partial charge in [-0.3, -0.25) is 4.79 Å². The van der Waals surface area contributed by atoms with E-state index in [2.05, 4.69) is 43.5 Å². The summed E-state index contributed by atoms with van der Waals surface area (Å²) in [5.41, 5.74) is 0. The van der Waals surface area contributed by atoms with Crippen LogP contribution in [-0.4, -0.2) is 34.9 Å². The number of carbonyl (C=O) groups excluding carboxylic acids is 1. The van der Waals surface area contributed by atoms with Gasteiger partial charge in [-0.05, 0) is 44.9 Å². The zero-order chi connectivity index (χ0) is 43.5. The van der Waals surface area contributed by atoms with Crippen molar-refractivity contribution in [2.24, 2.45) is 0 Å². The molecule has 0 radical (unpaired) electrons. The highest BCUT2D eigenvalue weighted by molar-refractivity contribution is 5.76. The van der Waals surface area contributed by atoms with E-state index < -0.39 is 12.1 Å². The highest BCUT2D eigenvalue weighted by Crippen LogP contribution is 2.17. The number of amides is 1. The average Bonchev–Trinajstić information content (AvgIpc) is 3.25. The molecule has 0 aromatic rings. The van der Waals surface area contributed by atoms with Gasteiger partial charge in [-0.1, -0.05) is 281 Å². The SMILES string of the molecule is CCCCCCCCCC/C=C/CC/C=C/CC/C=C/C(O)C(CO)NC(=O)CCCCCCCCCCCCCCCCCCCCCCCCCCCCCCCC. The number of carbonyl (C=O) groups is 1. The van der Waals surface area contributed by atoms with Crippen molar-refractivity contribution < 1.29 is 15.0 Å². The molecule has 0 rings (SSSR count). The summed E-state index contributed by atoms with van der Waals surface area (Å²) in [4.78, 5) is 12.4. The van der Waals surface area contributed by atoms with Crippen LogP contribution in [0.4, 0.5) is 0 Å². The number of hydrogen-bond donors (Lipinski definition) is 3. The van der Waals surface area contributed by atoms with Gasteiger partial charge in [0.2, 0.25) is 5.91 Å². The van der Waals surface area contributed by atoms with Gasteiger partial charge in [-0.15, -0.1) is 0 Å². The lowest BCUT2D eigenvalue weighted by Gasteiger charge is -2.19. The fraction of sp³-hybridized carbons (Fsp3) is 0.875. The molecule has 2 atom stereocenters. The zero-order valence-corrected chi connectivity index (χ0v) is 40.7. The van der Waals surface area contributed by atoms with Crippen LogP contribution in [0.2, 0.25) is 0 Å². The van der Waals surface area contributed by atoms with Crippen LogP contribution >= 0.6 is 0 Å². The maximum absolute atomic E-state index is 12.4. The van der Waals surface area contributed by atoms with Gasteiger partial charge in [0.1, 0.15) is 0 Å². The van der Waals surface area contributed by atoms with Gasteiger partial charge in [-0.25, -0.2) is 0 Å². The highest BCUT2D eigenvalue weighted by atomic mass is 16.3. The largest absolute Gasteiger partial charge is 0.394 e. The standard InChI is InChI=1S/C56H107NO3/c1-3-5-7-9-11-13-15-17-19-21-23-24-25-26-27-28-29-30-31-32-33-34-36-38-40-42-44-46-48-50-52-56(60)57-54(53-58)55(59)51-49-47-45-43-41-39-37-35-22-20-18-16-14-12-10-8-6-4-2/h22,35,41,43,49,51,54-55,58-59H,3-21,23-34,36-40,42,44-48,50,52-53H2,1-2H3,(H,57,60)/b35-22+,43-41+,51-49+. The van der Waals surface area contributed by atoms with Crippen molar-refractivity contribution in [3.63, 3.8) is 0 Å². The van der Waals surface area contributed by atoms with Crippen LogP contribution in [0.5, 0.6) is 0 Å². The third-order valence-electron chi connectivity index (χ3n) is 12.6. The lowest BCUT2D eigenvalue weighted by atomic mass is 10.0. The van der Waals surface area contributed by atoms with E-state index in [9.17, 15) is 15.0 Å². The van der Waals surface area contributed by atoms with Crippen LogP contribution in [0.1, 0.15) is 296 Å². The third kappa shape index (κ3) is 47.7. The smallest absolute Gasteiger partial charge is 0.220 e. The van der Waals surface area contributed by atoms with Crippen LogP contribution in [0.15, 0.2) is 36.5 Å². The van der Waals surface area contributed by atoms with Crippen molar-refractivity contribution in [2.75, 3.05) is 6.61 Å². The number of unbranched alkanes of at least 4 members (excludes halogenated alkanes) is 39. The fourth-order valence-corrected chi connectivity index (χ4v) is 8.45. The summed E-state index contributed by atoms with van der Waals surface area (Å²) in [6.45, 7) is 4.32. The Bertz CT molecular complexity index is 912. The first-order valence-electron chi connectivity index (χ1n) is 27.2. The van der Waals surface area contributed by atoms with Crippen LogP contribution in [0.3, 0.4) is 0 Å². The second-order valence-corrected chi connectivity index (χ2v) is 18.6. The minimum Gasteiger partial charge on any atom is -0.394 e. The van der Waals surface area contributed by atoms with Crippen LogP contribution in [0, 0.1) is 0 Å². The second-order valence-electron chi connectivity index (χ2n) is 18.6. The van der Waals surface area contributed by atoms with Crippen molar-refractivity contribution >= 4 is 5.91 Å². The summed E-state index contributed by atoms with van der Waals surface area (Å²) in [7, 11) is 0. The summed E-state index contributed by atoms with van der Waals surface area (Å²) in [6, 6.07) is -0.643. The minimum atomic E-state index is -0.868. The van der Waals surface area contributed by atoms with Crippen molar-refractivity contribution in [3.8, 4) is 0 Å². The Hall–Kier alpha value is -1.39. The Morgan fingerprint density at radius 1 is 0.383 bits per heavy atom. The van der Waals surface area contributed by atoms with E-state index in [0.29, 0.717) is 6.42 Å². The van der Waals surface area contributed by atoms with E-state index in [1.807, 2.05) is 6.08 Å². The predicted molar refractivity (Wildman–Crippen MR) is 267 cm³/mol. The normalized spacial score (nSPS) is 13.1. The van der Waals surface area contributed by atoms with Gasteiger partial charge in [0.05, 0.1) is 18.8 Å². The molecule has 1 amide bonds. The second kappa shape index (κ2) is 52.0. The van der Waals surface area contributed by atoms with Crippen molar-refractivity contribution in [1.29, 1.82) is 0 Å². The number of aliphatic hydroxyl groups is 2. The molecule has 0 aromatic carbocycles. The molecule has 354 valence electrons. The van der Waals surface area contributed by atoms with E-state index in [-0.39, 0.29) is 12.5 Å². The summed E-state index contributed by atoms with van der Waals surface area (Å²) in [5, 5.41) is 23.1. The molecule has 4 heteroatoms. The molecule has 0 aliphatic heterocycles. The van der Waals surface area contributed by atoms with Gasteiger partial charge in [-0.2, -0.15) is 0 Å². The van der Waals surface area contributed by atoms with E-state index in [4.69, 9.17) is 0 Å². The molecular weight excluding hydrogens is 735 g/mol. The molecular formula is C56H107NO3. The Kier molecular flexibility index (Phi) is 50.8.